The zero-order valence-corrected chi connectivity index (χ0v) is 12.9. The van der Waals surface area contributed by atoms with Gasteiger partial charge >= 0.3 is 17.8 Å². The van der Waals surface area contributed by atoms with E-state index in [4.69, 9.17) is 4.74 Å². The number of halogens is 3. The molecule has 0 radical (unpaired) electrons. The van der Waals surface area contributed by atoms with Crippen LogP contribution in [0.2, 0.25) is 0 Å². The number of allylic oxidation sites excluding steroid dienone is 1. The number of methoxy groups -OCH3 is 1. The average Bonchev–Trinajstić information content (AvgIpc) is 2.50. The van der Waals surface area contributed by atoms with Crippen molar-refractivity contribution in [1.82, 2.24) is 4.98 Å². The molecule has 1 aromatic heterocycles. The van der Waals surface area contributed by atoms with Crippen LogP contribution in [0.3, 0.4) is 0 Å². The Morgan fingerprint density at radius 3 is 2.62 bits per heavy atom. The summed E-state index contributed by atoms with van der Waals surface area (Å²) in [5.41, 5.74) is -3.41. The van der Waals surface area contributed by atoms with E-state index in [0.29, 0.717) is 12.8 Å². The number of ether oxygens (including phenoxy) is 2. The third kappa shape index (κ3) is 4.67. The Balaban J connectivity index is 3.45. The number of nitro groups is 1. The van der Waals surface area contributed by atoms with E-state index < -0.39 is 46.0 Å². The molecule has 0 aromatic carbocycles. The van der Waals surface area contributed by atoms with Gasteiger partial charge in [-0.2, -0.15) is 18.2 Å². The molecule has 0 saturated heterocycles. The van der Waals surface area contributed by atoms with E-state index in [1.807, 2.05) is 0 Å². The lowest BCUT2D eigenvalue weighted by molar-refractivity contribution is -0.385. The second-order valence-electron chi connectivity index (χ2n) is 4.75. The molecule has 1 aromatic rings. The maximum Gasteiger partial charge on any atom is 0.421 e. The molecule has 0 bridgehead atoms. The summed E-state index contributed by atoms with van der Waals surface area (Å²) < 4.78 is 48.9. The van der Waals surface area contributed by atoms with Crippen LogP contribution < -0.4 is 4.74 Å². The smallest absolute Gasteiger partial charge is 0.421 e. The number of rotatable bonds is 7. The first-order chi connectivity index (χ1) is 11.1. The minimum absolute atomic E-state index is 0.217. The molecule has 0 saturated carbocycles. The summed E-state index contributed by atoms with van der Waals surface area (Å²) >= 11 is 0. The van der Waals surface area contributed by atoms with Crippen LogP contribution >= 0.6 is 0 Å². The minimum Gasteiger partial charge on any atom is -0.474 e. The van der Waals surface area contributed by atoms with Gasteiger partial charge in [0.05, 0.1) is 18.1 Å². The summed E-state index contributed by atoms with van der Waals surface area (Å²) in [5.74, 6) is -2.15. The van der Waals surface area contributed by atoms with E-state index >= 15 is 0 Å². The fourth-order valence-electron chi connectivity index (χ4n) is 1.77. The quantitative estimate of drug-likeness (QED) is 0.324. The zero-order chi connectivity index (χ0) is 18.5. The summed E-state index contributed by atoms with van der Waals surface area (Å²) in [6.45, 7) is 4.99. The van der Waals surface area contributed by atoms with Gasteiger partial charge in [0.1, 0.15) is 5.56 Å². The average molecular weight is 348 g/mol. The van der Waals surface area contributed by atoms with Gasteiger partial charge in [-0.3, -0.25) is 10.1 Å². The van der Waals surface area contributed by atoms with Gasteiger partial charge in [0, 0.05) is 6.07 Å². The highest BCUT2D eigenvalue weighted by Crippen LogP contribution is 2.39. The van der Waals surface area contributed by atoms with Crippen molar-refractivity contribution in [2.75, 3.05) is 7.11 Å². The highest BCUT2D eigenvalue weighted by atomic mass is 19.4. The number of hydrogen-bond donors (Lipinski definition) is 0. The number of carbonyl (C=O) groups is 1. The van der Waals surface area contributed by atoms with Crippen LogP contribution in [0.1, 0.15) is 35.8 Å². The Hall–Kier alpha value is -2.65. The number of carbonyl (C=O) groups excluding carboxylic acids is 1. The standard InChI is InChI=1S/C14H15F3N2O5/c1-4-5-6-8(2)24-12-9(14(15,16)17)7-10(19(21)22)11(18-12)13(20)23-3/h4,7-8H,1,5-6H2,2-3H3/t8-/m1/s1. The molecular weight excluding hydrogens is 333 g/mol. The third-order valence-electron chi connectivity index (χ3n) is 2.94. The normalized spacial score (nSPS) is 12.4. The van der Waals surface area contributed by atoms with E-state index in [0.717, 1.165) is 7.11 Å². The second-order valence-corrected chi connectivity index (χ2v) is 4.75. The molecule has 0 aliphatic rings. The molecular formula is C14H15F3N2O5. The first-order valence-corrected chi connectivity index (χ1v) is 6.74. The number of aromatic nitrogens is 1. The van der Waals surface area contributed by atoms with Crippen LogP contribution in [0.25, 0.3) is 0 Å². The highest BCUT2D eigenvalue weighted by molar-refractivity contribution is 5.92. The van der Waals surface area contributed by atoms with E-state index in [2.05, 4.69) is 16.3 Å². The molecule has 1 heterocycles. The fraction of sp³-hybridized carbons (Fsp3) is 0.429. The summed E-state index contributed by atoms with van der Waals surface area (Å²) in [4.78, 5) is 24.8. The van der Waals surface area contributed by atoms with Crippen molar-refractivity contribution in [3.05, 3.63) is 40.1 Å². The molecule has 0 amide bonds. The van der Waals surface area contributed by atoms with Crippen LogP contribution in [0, 0.1) is 10.1 Å². The molecule has 1 rings (SSSR count). The summed E-state index contributed by atoms with van der Waals surface area (Å²) in [5, 5.41) is 10.9. The molecule has 1 atom stereocenters. The first-order valence-electron chi connectivity index (χ1n) is 6.74. The Morgan fingerprint density at radius 1 is 1.54 bits per heavy atom. The number of pyridine rings is 1. The monoisotopic (exact) mass is 348 g/mol. The molecule has 24 heavy (non-hydrogen) atoms. The minimum atomic E-state index is -4.94. The van der Waals surface area contributed by atoms with Gasteiger partial charge in [0.25, 0.3) is 0 Å². The lowest BCUT2D eigenvalue weighted by Crippen LogP contribution is -2.19. The van der Waals surface area contributed by atoms with Crippen LogP contribution in [0.5, 0.6) is 5.88 Å². The second kappa shape index (κ2) is 7.75. The van der Waals surface area contributed by atoms with Crippen molar-refractivity contribution in [3.63, 3.8) is 0 Å². The zero-order valence-electron chi connectivity index (χ0n) is 12.9. The van der Waals surface area contributed by atoms with E-state index in [1.54, 1.807) is 6.08 Å². The molecule has 0 unspecified atom stereocenters. The molecule has 0 fully saturated rings. The molecule has 10 heteroatoms. The largest absolute Gasteiger partial charge is 0.474 e. The topological polar surface area (TPSA) is 91.6 Å². The number of esters is 1. The van der Waals surface area contributed by atoms with Gasteiger partial charge in [-0.05, 0) is 19.8 Å². The van der Waals surface area contributed by atoms with Gasteiger partial charge in [-0.25, -0.2) is 4.79 Å². The number of alkyl halides is 3. The van der Waals surface area contributed by atoms with E-state index in [9.17, 15) is 28.1 Å². The van der Waals surface area contributed by atoms with Gasteiger partial charge in [0.2, 0.25) is 11.6 Å². The van der Waals surface area contributed by atoms with Crippen LogP contribution in [-0.4, -0.2) is 29.1 Å². The van der Waals surface area contributed by atoms with E-state index in [1.165, 1.54) is 6.92 Å². The Labute approximate surface area is 135 Å². The van der Waals surface area contributed by atoms with Gasteiger partial charge in [-0.15, -0.1) is 6.58 Å². The molecule has 0 spiro atoms. The number of nitrogens with zero attached hydrogens (tertiary/aromatic N) is 2. The lowest BCUT2D eigenvalue weighted by atomic mass is 10.2. The molecule has 7 nitrogen and oxygen atoms in total. The van der Waals surface area contributed by atoms with Crippen LogP contribution in [0.15, 0.2) is 18.7 Å². The fourth-order valence-corrected chi connectivity index (χ4v) is 1.77. The molecule has 0 aliphatic carbocycles. The Kier molecular flexibility index (Phi) is 6.27. The van der Waals surface area contributed by atoms with Crippen LogP contribution in [0.4, 0.5) is 18.9 Å². The van der Waals surface area contributed by atoms with Crippen molar-refractivity contribution >= 4 is 11.7 Å². The Bertz CT molecular complexity index is 646. The number of hydrogen-bond acceptors (Lipinski definition) is 6. The molecule has 0 N–H and O–H groups in total. The van der Waals surface area contributed by atoms with Gasteiger partial charge in [0.15, 0.2) is 0 Å². The van der Waals surface area contributed by atoms with Crippen LogP contribution in [-0.2, 0) is 10.9 Å². The summed E-state index contributed by atoms with van der Waals surface area (Å²) in [7, 11) is 0.929. The van der Waals surface area contributed by atoms with Gasteiger partial charge in [-0.1, -0.05) is 6.08 Å². The van der Waals surface area contributed by atoms with Crippen molar-refractivity contribution in [1.29, 1.82) is 0 Å². The SMILES string of the molecule is C=CCC[C@@H](C)Oc1nc(C(=O)OC)c([N+](=O)[O-])cc1C(F)(F)F. The highest BCUT2D eigenvalue weighted by Gasteiger charge is 2.40. The predicted molar refractivity (Wildman–Crippen MR) is 76.8 cm³/mol. The van der Waals surface area contributed by atoms with Crippen molar-refractivity contribution in [3.8, 4) is 5.88 Å². The van der Waals surface area contributed by atoms with E-state index in [-0.39, 0.29) is 6.07 Å². The van der Waals surface area contributed by atoms with Crippen molar-refractivity contribution in [2.24, 2.45) is 0 Å². The summed E-state index contributed by atoms with van der Waals surface area (Å²) in [6.07, 6.45) is -3.22. The first kappa shape index (κ1) is 19.4. The summed E-state index contributed by atoms with van der Waals surface area (Å²) in [6, 6.07) is 0.217. The Morgan fingerprint density at radius 2 is 2.17 bits per heavy atom. The lowest BCUT2D eigenvalue weighted by Gasteiger charge is -2.18. The van der Waals surface area contributed by atoms with Crippen molar-refractivity contribution in [2.45, 2.75) is 32.0 Å². The molecule has 0 aliphatic heterocycles. The maximum atomic E-state index is 13.1. The van der Waals surface area contributed by atoms with Gasteiger partial charge < -0.3 is 9.47 Å². The third-order valence-corrected chi connectivity index (χ3v) is 2.94. The molecule has 132 valence electrons. The van der Waals surface area contributed by atoms with Crippen molar-refractivity contribution < 1.29 is 32.4 Å². The predicted octanol–water partition coefficient (Wildman–Crippen LogP) is 3.53. The maximum absolute atomic E-state index is 13.1.